The van der Waals surface area contributed by atoms with Crippen LogP contribution < -0.4 is 10.6 Å². The van der Waals surface area contributed by atoms with Crippen LogP contribution in [-0.4, -0.2) is 34.5 Å². The van der Waals surface area contributed by atoms with Gasteiger partial charge in [-0.15, -0.1) is 0 Å². The predicted octanol–water partition coefficient (Wildman–Crippen LogP) is 2.20. The van der Waals surface area contributed by atoms with Crippen LogP contribution in [0.25, 0.3) is 0 Å². The van der Waals surface area contributed by atoms with Crippen molar-refractivity contribution in [3.63, 3.8) is 0 Å². The van der Waals surface area contributed by atoms with Gasteiger partial charge in [-0.3, -0.25) is 9.59 Å². The molecule has 6 nitrogen and oxygen atoms in total. The topological polar surface area (TPSA) is 95.5 Å². The average Bonchev–Trinajstić information content (AvgIpc) is 2.46. The lowest BCUT2D eigenvalue weighted by Gasteiger charge is -2.25. The van der Waals surface area contributed by atoms with Crippen molar-refractivity contribution < 1.29 is 19.5 Å². The summed E-state index contributed by atoms with van der Waals surface area (Å²) in [6.07, 6.45) is 0.973. The molecule has 0 saturated carbocycles. The molecule has 0 fully saturated rings. The van der Waals surface area contributed by atoms with Crippen LogP contribution in [0.4, 0.5) is 0 Å². The Hall–Kier alpha value is -2.37. The summed E-state index contributed by atoms with van der Waals surface area (Å²) in [4.78, 5) is 35.4. The van der Waals surface area contributed by atoms with E-state index in [2.05, 4.69) is 10.6 Å². The number of benzene rings is 1. The Balaban J connectivity index is 2.85. The fraction of sp³-hybridized carbons (Fsp3) is 0.471. The number of carbonyl (C=O) groups excluding carboxylic acids is 2. The van der Waals surface area contributed by atoms with Crippen molar-refractivity contribution in [3.8, 4) is 0 Å². The molecule has 0 aliphatic rings. The lowest BCUT2D eigenvalue weighted by molar-refractivity contribution is -0.144. The Morgan fingerprint density at radius 1 is 1.09 bits per heavy atom. The number of hydrogen-bond acceptors (Lipinski definition) is 3. The van der Waals surface area contributed by atoms with Gasteiger partial charge in [0.25, 0.3) is 11.8 Å². The Bertz CT molecular complexity index is 581. The lowest BCUT2D eigenvalue weighted by Crippen LogP contribution is -2.52. The quantitative estimate of drug-likeness (QED) is 0.717. The summed E-state index contributed by atoms with van der Waals surface area (Å²) in [6, 6.07) is 6.14. The minimum Gasteiger partial charge on any atom is -0.480 e. The van der Waals surface area contributed by atoms with Crippen molar-refractivity contribution in [2.45, 2.75) is 52.1 Å². The summed E-state index contributed by atoms with van der Waals surface area (Å²) in [5.74, 6) is -1.76. The van der Waals surface area contributed by atoms with Crippen LogP contribution in [0.15, 0.2) is 24.3 Å². The van der Waals surface area contributed by atoms with Crippen molar-refractivity contribution in [1.29, 1.82) is 0 Å². The zero-order valence-electron chi connectivity index (χ0n) is 14.0. The van der Waals surface area contributed by atoms with E-state index in [1.165, 1.54) is 19.1 Å². The van der Waals surface area contributed by atoms with E-state index in [4.69, 9.17) is 0 Å². The zero-order valence-corrected chi connectivity index (χ0v) is 14.0. The van der Waals surface area contributed by atoms with E-state index in [9.17, 15) is 19.5 Å². The zero-order chi connectivity index (χ0) is 17.6. The highest BCUT2D eigenvalue weighted by Gasteiger charge is 2.34. The van der Waals surface area contributed by atoms with Gasteiger partial charge in [0.2, 0.25) is 0 Å². The van der Waals surface area contributed by atoms with Crippen LogP contribution in [-0.2, 0) is 4.79 Å². The van der Waals surface area contributed by atoms with Crippen LogP contribution >= 0.6 is 0 Å². The van der Waals surface area contributed by atoms with Gasteiger partial charge in [-0.2, -0.15) is 0 Å². The maximum atomic E-state index is 12.2. The number of aliphatic carboxylic acids is 1. The number of rotatable bonds is 7. The molecule has 0 saturated heterocycles. The summed E-state index contributed by atoms with van der Waals surface area (Å²) < 4.78 is 0. The van der Waals surface area contributed by atoms with Gasteiger partial charge in [0.15, 0.2) is 0 Å². The molecule has 0 radical (unpaired) electrons. The number of carbonyl (C=O) groups is 3. The molecular formula is C17H24N2O4. The third-order valence-electron chi connectivity index (χ3n) is 3.44. The van der Waals surface area contributed by atoms with Gasteiger partial charge >= 0.3 is 5.97 Å². The Morgan fingerprint density at radius 2 is 1.57 bits per heavy atom. The second kappa shape index (κ2) is 7.76. The van der Waals surface area contributed by atoms with E-state index in [0.717, 1.165) is 0 Å². The maximum absolute atomic E-state index is 12.2. The molecule has 6 heteroatoms. The van der Waals surface area contributed by atoms with Gasteiger partial charge in [0, 0.05) is 17.2 Å². The van der Waals surface area contributed by atoms with Gasteiger partial charge in [-0.05, 0) is 51.5 Å². The van der Waals surface area contributed by atoms with E-state index >= 15 is 0 Å². The van der Waals surface area contributed by atoms with Crippen molar-refractivity contribution in [2.24, 2.45) is 0 Å². The Kier molecular flexibility index (Phi) is 6.30. The summed E-state index contributed by atoms with van der Waals surface area (Å²) in [5.41, 5.74) is -0.543. The van der Waals surface area contributed by atoms with Crippen molar-refractivity contribution in [2.75, 3.05) is 0 Å². The molecule has 1 unspecified atom stereocenters. The molecule has 3 N–H and O–H groups in total. The normalized spacial score (nSPS) is 13.3. The van der Waals surface area contributed by atoms with Crippen LogP contribution in [0, 0.1) is 0 Å². The standard InChI is InChI=1S/C17H24N2O4/c1-5-10-17(4,16(22)23)19-15(21)13-8-6-12(7-9-13)14(20)18-11(2)3/h6-9,11H,5,10H2,1-4H3,(H,18,20)(H,19,21)(H,22,23). The van der Waals surface area contributed by atoms with Gasteiger partial charge in [-0.1, -0.05) is 13.3 Å². The smallest absolute Gasteiger partial charge is 0.329 e. The third-order valence-corrected chi connectivity index (χ3v) is 3.44. The first-order valence-electron chi connectivity index (χ1n) is 7.66. The summed E-state index contributed by atoms with van der Waals surface area (Å²) in [5, 5.41) is 14.6. The fourth-order valence-electron chi connectivity index (χ4n) is 2.16. The van der Waals surface area contributed by atoms with E-state index in [0.29, 0.717) is 24.0 Å². The molecule has 2 amide bonds. The summed E-state index contributed by atoms with van der Waals surface area (Å²) >= 11 is 0. The SMILES string of the molecule is CCCC(C)(NC(=O)c1ccc(C(=O)NC(C)C)cc1)C(=O)O. The summed E-state index contributed by atoms with van der Waals surface area (Å²) in [7, 11) is 0. The molecule has 1 aromatic rings. The predicted molar refractivity (Wildman–Crippen MR) is 87.5 cm³/mol. The molecular weight excluding hydrogens is 296 g/mol. The third kappa shape index (κ3) is 5.09. The lowest BCUT2D eigenvalue weighted by atomic mass is 9.95. The Morgan fingerprint density at radius 3 is 1.96 bits per heavy atom. The van der Waals surface area contributed by atoms with E-state index in [-0.39, 0.29) is 11.9 Å². The Labute approximate surface area is 136 Å². The minimum atomic E-state index is -1.31. The highest BCUT2D eigenvalue weighted by Crippen LogP contribution is 2.14. The molecule has 1 rings (SSSR count). The molecule has 126 valence electrons. The number of amides is 2. The first-order chi connectivity index (χ1) is 10.7. The maximum Gasteiger partial charge on any atom is 0.329 e. The van der Waals surface area contributed by atoms with Crippen molar-refractivity contribution >= 4 is 17.8 Å². The molecule has 1 aromatic carbocycles. The molecule has 0 heterocycles. The highest BCUT2D eigenvalue weighted by molar-refractivity contribution is 5.99. The second-order valence-corrected chi connectivity index (χ2v) is 6.05. The van der Waals surface area contributed by atoms with Gasteiger partial charge in [-0.25, -0.2) is 4.79 Å². The van der Waals surface area contributed by atoms with Crippen LogP contribution in [0.2, 0.25) is 0 Å². The van der Waals surface area contributed by atoms with Crippen molar-refractivity contribution in [3.05, 3.63) is 35.4 Å². The molecule has 23 heavy (non-hydrogen) atoms. The number of carboxylic acid groups (broad SMARTS) is 1. The average molecular weight is 320 g/mol. The second-order valence-electron chi connectivity index (χ2n) is 6.05. The minimum absolute atomic E-state index is 0.0239. The number of carboxylic acids is 1. The van der Waals surface area contributed by atoms with E-state index in [1.807, 2.05) is 20.8 Å². The molecule has 1 atom stereocenters. The van der Waals surface area contributed by atoms with Gasteiger partial charge in [0.05, 0.1) is 0 Å². The van der Waals surface area contributed by atoms with Crippen molar-refractivity contribution in [1.82, 2.24) is 10.6 Å². The molecule has 0 aliphatic heterocycles. The van der Waals surface area contributed by atoms with Gasteiger partial charge in [0.1, 0.15) is 5.54 Å². The molecule has 0 aliphatic carbocycles. The summed E-state index contributed by atoms with van der Waals surface area (Å²) in [6.45, 7) is 7.07. The number of nitrogens with one attached hydrogen (secondary N) is 2. The first-order valence-corrected chi connectivity index (χ1v) is 7.66. The van der Waals surface area contributed by atoms with Crippen LogP contribution in [0.3, 0.4) is 0 Å². The van der Waals surface area contributed by atoms with Crippen LogP contribution in [0.1, 0.15) is 61.3 Å². The molecule has 0 aromatic heterocycles. The largest absolute Gasteiger partial charge is 0.480 e. The highest BCUT2D eigenvalue weighted by atomic mass is 16.4. The first kappa shape index (κ1) is 18.7. The molecule has 0 bridgehead atoms. The monoisotopic (exact) mass is 320 g/mol. The van der Waals surface area contributed by atoms with E-state index in [1.54, 1.807) is 12.1 Å². The van der Waals surface area contributed by atoms with Crippen LogP contribution in [0.5, 0.6) is 0 Å². The van der Waals surface area contributed by atoms with E-state index < -0.39 is 17.4 Å². The van der Waals surface area contributed by atoms with Gasteiger partial charge < -0.3 is 15.7 Å². The number of hydrogen-bond donors (Lipinski definition) is 3. The molecule has 0 spiro atoms. The fourth-order valence-corrected chi connectivity index (χ4v) is 2.16.